The Morgan fingerprint density at radius 1 is 1.46 bits per heavy atom. The van der Waals surface area contributed by atoms with Gasteiger partial charge in [0.2, 0.25) is 0 Å². The number of methoxy groups -OCH3 is 1. The van der Waals surface area contributed by atoms with Crippen molar-refractivity contribution in [2.75, 3.05) is 7.11 Å². The summed E-state index contributed by atoms with van der Waals surface area (Å²) in [5, 5.41) is -0.457. The van der Waals surface area contributed by atoms with Gasteiger partial charge in [0, 0.05) is 5.56 Å². The molecule has 0 aliphatic rings. The highest BCUT2D eigenvalue weighted by molar-refractivity contribution is 5.93. The van der Waals surface area contributed by atoms with E-state index in [1.165, 1.54) is 19.2 Å². The molecule has 0 atom stereocenters. The van der Waals surface area contributed by atoms with Crippen molar-refractivity contribution in [2.45, 2.75) is 0 Å². The maximum atomic E-state index is 12.2. The SMILES string of the molecule is COc1ccc(C(=O)N(N)F)cc1. The van der Waals surface area contributed by atoms with Gasteiger partial charge in [0.1, 0.15) is 5.75 Å². The van der Waals surface area contributed by atoms with Crippen LogP contribution in [0.15, 0.2) is 24.3 Å². The van der Waals surface area contributed by atoms with Gasteiger partial charge in [-0.25, -0.2) is 5.84 Å². The summed E-state index contributed by atoms with van der Waals surface area (Å²) in [6.07, 6.45) is 0. The van der Waals surface area contributed by atoms with Crippen molar-refractivity contribution in [3.05, 3.63) is 29.8 Å². The molecule has 4 nitrogen and oxygen atoms in total. The second-order valence-corrected chi connectivity index (χ2v) is 2.34. The van der Waals surface area contributed by atoms with Crippen LogP contribution in [0, 0.1) is 0 Å². The smallest absolute Gasteiger partial charge is 0.296 e. The Bertz CT molecular complexity index is 298. The zero-order valence-corrected chi connectivity index (χ0v) is 7.03. The number of amides is 1. The summed E-state index contributed by atoms with van der Waals surface area (Å²) in [7, 11) is 1.50. The number of benzene rings is 1. The molecule has 0 bridgehead atoms. The van der Waals surface area contributed by atoms with Crippen LogP contribution in [0.4, 0.5) is 4.48 Å². The largest absolute Gasteiger partial charge is 0.497 e. The van der Waals surface area contributed by atoms with Gasteiger partial charge < -0.3 is 4.74 Å². The molecule has 0 saturated heterocycles. The summed E-state index contributed by atoms with van der Waals surface area (Å²) in [6.45, 7) is 0. The third kappa shape index (κ3) is 2.16. The van der Waals surface area contributed by atoms with Crippen molar-refractivity contribution >= 4 is 5.91 Å². The van der Waals surface area contributed by atoms with E-state index >= 15 is 0 Å². The van der Waals surface area contributed by atoms with E-state index in [-0.39, 0.29) is 5.56 Å². The van der Waals surface area contributed by atoms with Crippen molar-refractivity contribution in [1.29, 1.82) is 0 Å². The summed E-state index contributed by atoms with van der Waals surface area (Å²) in [5.74, 6) is 4.33. The number of rotatable bonds is 2. The Balaban J connectivity index is 2.86. The second-order valence-electron chi connectivity index (χ2n) is 2.34. The molecule has 1 aromatic rings. The van der Waals surface area contributed by atoms with Gasteiger partial charge in [0.05, 0.1) is 7.11 Å². The highest BCUT2D eigenvalue weighted by atomic mass is 19.2. The van der Waals surface area contributed by atoms with Crippen LogP contribution in [0.1, 0.15) is 10.4 Å². The van der Waals surface area contributed by atoms with Crippen LogP contribution in [0.25, 0.3) is 0 Å². The van der Waals surface area contributed by atoms with Gasteiger partial charge in [0.15, 0.2) is 0 Å². The minimum absolute atomic E-state index is 0.172. The Labute approximate surface area is 74.6 Å². The fraction of sp³-hybridized carbons (Fsp3) is 0.125. The first-order chi connectivity index (χ1) is 6.15. The quantitative estimate of drug-likeness (QED) is 0.321. The first kappa shape index (κ1) is 9.47. The normalized spacial score (nSPS) is 9.46. The van der Waals surface area contributed by atoms with Crippen LogP contribution >= 0.6 is 0 Å². The zero-order chi connectivity index (χ0) is 9.84. The average Bonchev–Trinajstić information content (AvgIpc) is 2.17. The van der Waals surface area contributed by atoms with Crippen molar-refractivity contribution in [1.82, 2.24) is 5.23 Å². The number of hydrazine groups is 1. The number of hydrogen-bond acceptors (Lipinski definition) is 3. The highest BCUT2D eigenvalue weighted by Crippen LogP contribution is 2.12. The molecule has 2 N–H and O–H groups in total. The molecule has 0 saturated carbocycles. The lowest BCUT2D eigenvalue weighted by molar-refractivity contribution is 0.0192. The van der Waals surface area contributed by atoms with Gasteiger partial charge in [-0.15, -0.1) is 5.23 Å². The monoisotopic (exact) mass is 184 g/mol. The molecular weight excluding hydrogens is 175 g/mol. The van der Waals surface area contributed by atoms with Crippen LogP contribution < -0.4 is 10.6 Å². The minimum atomic E-state index is -0.886. The number of carbonyl (C=O) groups is 1. The third-order valence-electron chi connectivity index (χ3n) is 1.53. The number of nitrogens with two attached hydrogens (primary N) is 1. The molecule has 0 radical (unpaired) electrons. The van der Waals surface area contributed by atoms with Crippen LogP contribution in [0.3, 0.4) is 0 Å². The highest BCUT2D eigenvalue weighted by Gasteiger charge is 2.10. The van der Waals surface area contributed by atoms with Crippen LogP contribution in [0.5, 0.6) is 5.75 Å². The van der Waals surface area contributed by atoms with Gasteiger partial charge in [-0.3, -0.25) is 4.79 Å². The first-order valence-electron chi connectivity index (χ1n) is 3.54. The van der Waals surface area contributed by atoms with Crippen LogP contribution in [-0.2, 0) is 0 Å². The van der Waals surface area contributed by atoms with Crippen molar-refractivity contribution in [3.8, 4) is 5.75 Å². The number of ether oxygens (including phenoxy) is 1. The Morgan fingerprint density at radius 2 is 2.00 bits per heavy atom. The van der Waals surface area contributed by atoms with E-state index in [1.807, 2.05) is 0 Å². The fourth-order valence-corrected chi connectivity index (χ4v) is 0.857. The summed E-state index contributed by atoms with van der Waals surface area (Å²) >= 11 is 0. The molecule has 0 spiro atoms. The molecule has 1 amide bonds. The summed E-state index contributed by atoms with van der Waals surface area (Å²) in [4.78, 5) is 10.9. The summed E-state index contributed by atoms with van der Waals surface area (Å²) in [5.41, 5.74) is 0.172. The maximum absolute atomic E-state index is 12.2. The van der Waals surface area contributed by atoms with E-state index in [4.69, 9.17) is 4.74 Å². The molecule has 13 heavy (non-hydrogen) atoms. The summed E-state index contributed by atoms with van der Waals surface area (Å²) in [6, 6.07) is 5.97. The Morgan fingerprint density at radius 3 is 2.38 bits per heavy atom. The van der Waals surface area contributed by atoms with Crippen LogP contribution in [0.2, 0.25) is 0 Å². The molecular formula is C8H9FN2O2. The van der Waals surface area contributed by atoms with E-state index in [2.05, 4.69) is 5.84 Å². The standard InChI is InChI=1S/C8H9FN2O2/c1-13-7-4-2-6(3-5-7)8(12)11(9)10/h2-5H,10H2,1H3. The van der Waals surface area contributed by atoms with Crippen molar-refractivity contribution < 1.29 is 14.0 Å². The van der Waals surface area contributed by atoms with E-state index in [9.17, 15) is 9.28 Å². The zero-order valence-electron chi connectivity index (χ0n) is 7.03. The predicted molar refractivity (Wildman–Crippen MR) is 44.5 cm³/mol. The van der Waals surface area contributed by atoms with Gasteiger partial charge in [-0.1, -0.05) is 4.48 Å². The number of nitrogens with zero attached hydrogens (tertiary/aromatic N) is 1. The van der Waals surface area contributed by atoms with Crippen molar-refractivity contribution in [2.24, 2.45) is 5.84 Å². The second kappa shape index (κ2) is 3.86. The molecule has 5 heteroatoms. The Kier molecular flexibility index (Phi) is 2.81. The topological polar surface area (TPSA) is 55.6 Å². The van der Waals surface area contributed by atoms with Crippen molar-refractivity contribution in [3.63, 3.8) is 0 Å². The van der Waals surface area contributed by atoms with E-state index in [1.54, 1.807) is 12.1 Å². The van der Waals surface area contributed by atoms with E-state index in [0.29, 0.717) is 5.75 Å². The molecule has 1 aromatic carbocycles. The lowest BCUT2D eigenvalue weighted by atomic mass is 10.2. The molecule has 1 rings (SSSR count). The van der Waals surface area contributed by atoms with Gasteiger partial charge in [-0.2, -0.15) is 0 Å². The van der Waals surface area contributed by atoms with Gasteiger partial charge in [-0.05, 0) is 24.3 Å². The minimum Gasteiger partial charge on any atom is -0.497 e. The lowest BCUT2D eigenvalue weighted by Gasteiger charge is -2.05. The molecule has 0 aromatic heterocycles. The number of hydrogen-bond donors (Lipinski definition) is 1. The molecule has 70 valence electrons. The van der Waals surface area contributed by atoms with E-state index < -0.39 is 11.1 Å². The predicted octanol–water partition coefficient (Wildman–Crippen LogP) is 0.896. The average molecular weight is 184 g/mol. The first-order valence-corrected chi connectivity index (χ1v) is 3.54. The molecule has 0 unspecified atom stereocenters. The molecule has 0 heterocycles. The molecule has 0 fully saturated rings. The molecule has 0 aliphatic heterocycles. The summed E-state index contributed by atoms with van der Waals surface area (Å²) < 4.78 is 17.1. The van der Waals surface area contributed by atoms with Gasteiger partial charge >= 0.3 is 0 Å². The third-order valence-corrected chi connectivity index (χ3v) is 1.53. The maximum Gasteiger partial charge on any atom is 0.296 e. The lowest BCUT2D eigenvalue weighted by Crippen LogP contribution is -2.28. The number of halogens is 1. The Hall–Kier alpha value is -1.62. The van der Waals surface area contributed by atoms with Gasteiger partial charge in [0.25, 0.3) is 5.91 Å². The fourth-order valence-electron chi connectivity index (χ4n) is 0.857. The number of carbonyl (C=O) groups excluding carboxylic acids is 1. The molecule has 0 aliphatic carbocycles. The van der Waals surface area contributed by atoms with Crippen LogP contribution in [-0.4, -0.2) is 18.2 Å². The van der Waals surface area contributed by atoms with E-state index in [0.717, 1.165) is 0 Å².